The molecule has 1 rings (SSSR count). The molecule has 0 aliphatic carbocycles. The lowest BCUT2D eigenvalue weighted by molar-refractivity contribution is 0.458. The lowest BCUT2D eigenvalue weighted by Gasteiger charge is -2.16. The second-order valence-corrected chi connectivity index (χ2v) is 6.40. The Balaban J connectivity index is 2.23. The van der Waals surface area contributed by atoms with Gasteiger partial charge in [-0.25, -0.2) is 0 Å². The van der Waals surface area contributed by atoms with Crippen LogP contribution >= 0.6 is 0 Å². The molecule has 0 aliphatic rings. The normalized spacial score (nSPS) is 12.6. The lowest BCUT2D eigenvalue weighted by Crippen LogP contribution is -2.36. The summed E-state index contributed by atoms with van der Waals surface area (Å²) in [6.45, 7) is 6.61. The standard InChI is InChI=1S/C19H34N2/c1-4-5-6-7-8-9-10-11-19(21-20)15-18-13-12-16(2)17(3)14-18/h12-14,19,21H,4-11,15,20H2,1-3H3. The molecule has 0 saturated carbocycles. The van der Waals surface area contributed by atoms with Gasteiger partial charge in [-0.3, -0.25) is 11.3 Å². The van der Waals surface area contributed by atoms with Gasteiger partial charge in [-0.15, -0.1) is 0 Å². The summed E-state index contributed by atoms with van der Waals surface area (Å²) in [5.41, 5.74) is 7.13. The number of nitrogens with one attached hydrogen (secondary N) is 1. The van der Waals surface area contributed by atoms with Crippen molar-refractivity contribution in [3.05, 3.63) is 34.9 Å². The van der Waals surface area contributed by atoms with Crippen molar-refractivity contribution in [1.29, 1.82) is 0 Å². The Hall–Kier alpha value is -0.860. The van der Waals surface area contributed by atoms with Gasteiger partial charge in [-0.1, -0.05) is 70.1 Å². The van der Waals surface area contributed by atoms with Crippen molar-refractivity contribution in [1.82, 2.24) is 5.43 Å². The van der Waals surface area contributed by atoms with E-state index in [0.29, 0.717) is 6.04 Å². The van der Waals surface area contributed by atoms with Crippen LogP contribution in [0.5, 0.6) is 0 Å². The lowest BCUT2D eigenvalue weighted by atomic mass is 9.97. The van der Waals surface area contributed by atoms with Crippen molar-refractivity contribution in [2.24, 2.45) is 5.84 Å². The molecule has 0 fully saturated rings. The minimum atomic E-state index is 0.405. The van der Waals surface area contributed by atoms with E-state index in [4.69, 9.17) is 5.84 Å². The van der Waals surface area contributed by atoms with Crippen LogP contribution in [0.15, 0.2) is 18.2 Å². The number of rotatable bonds is 11. The third kappa shape index (κ3) is 7.63. The summed E-state index contributed by atoms with van der Waals surface area (Å²) in [5, 5.41) is 0. The van der Waals surface area contributed by atoms with Gasteiger partial charge in [0.2, 0.25) is 0 Å². The predicted octanol–water partition coefficient (Wildman–Crippen LogP) is 4.82. The van der Waals surface area contributed by atoms with Crippen LogP contribution in [0, 0.1) is 13.8 Å². The number of hydrogen-bond acceptors (Lipinski definition) is 2. The Morgan fingerprint density at radius 1 is 0.952 bits per heavy atom. The van der Waals surface area contributed by atoms with Gasteiger partial charge in [0.05, 0.1) is 0 Å². The van der Waals surface area contributed by atoms with Crippen LogP contribution in [-0.4, -0.2) is 6.04 Å². The number of hydrazine groups is 1. The van der Waals surface area contributed by atoms with Crippen LogP contribution < -0.4 is 11.3 Å². The van der Waals surface area contributed by atoms with Gasteiger partial charge < -0.3 is 0 Å². The van der Waals surface area contributed by atoms with Crippen LogP contribution in [-0.2, 0) is 6.42 Å². The average Bonchev–Trinajstić information content (AvgIpc) is 2.48. The number of unbranched alkanes of at least 4 members (excludes halogenated alkanes) is 6. The van der Waals surface area contributed by atoms with E-state index in [1.165, 1.54) is 68.1 Å². The van der Waals surface area contributed by atoms with Gasteiger partial charge in [0.1, 0.15) is 0 Å². The Bertz CT molecular complexity index is 387. The molecule has 0 aromatic heterocycles. The highest BCUT2D eigenvalue weighted by atomic mass is 15.2. The SMILES string of the molecule is CCCCCCCCCC(Cc1ccc(C)c(C)c1)NN. The molecule has 0 bridgehead atoms. The summed E-state index contributed by atoms with van der Waals surface area (Å²) < 4.78 is 0. The van der Waals surface area contributed by atoms with E-state index in [9.17, 15) is 0 Å². The molecule has 1 aromatic carbocycles. The summed E-state index contributed by atoms with van der Waals surface area (Å²) in [5.74, 6) is 5.72. The molecule has 120 valence electrons. The first-order chi connectivity index (χ1) is 10.2. The highest BCUT2D eigenvalue weighted by molar-refractivity contribution is 5.30. The van der Waals surface area contributed by atoms with Gasteiger partial charge in [-0.2, -0.15) is 0 Å². The smallest absolute Gasteiger partial charge is 0.0250 e. The van der Waals surface area contributed by atoms with Crippen LogP contribution in [0.25, 0.3) is 0 Å². The molecule has 0 aliphatic heterocycles. The molecule has 0 heterocycles. The van der Waals surface area contributed by atoms with Gasteiger partial charge in [-0.05, 0) is 43.4 Å². The molecule has 0 saturated heterocycles. The first-order valence-electron chi connectivity index (χ1n) is 8.69. The Kier molecular flexibility index (Phi) is 9.36. The Morgan fingerprint density at radius 3 is 2.24 bits per heavy atom. The van der Waals surface area contributed by atoms with Crippen LogP contribution in [0.4, 0.5) is 0 Å². The van der Waals surface area contributed by atoms with E-state index in [2.05, 4.69) is 44.4 Å². The third-order valence-electron chi connectivity index (χ3n) is 4.45. The van der Waals surface area contributed by atoms with E-state index in [1.54, 1.807) is 0 Å². The van der Waals surface area contributed by atoms with E-state index in [-0.39, 0.29) is 0 Å². The molecule has 1 atom stereocenters. The van der Waals surface area contributed by atoms with E-state index in [1.807, 2.05) is 0 Å². The van der Waals surface area contributed by atoms with Gasteiger partial charge >= 0.3 is 0 Å². The first kappa shape index (κ1) is 18.2. The highest BCUT2D eigenvalue weighted by Gasteiger charge is 2.08. The Morgan fingerprint density at radius 2 is 1.62 bits per heavy atom. The van der Waals surface area contributed by atoms with Crippen molar-refractivity contribution in [3.8, 4) is 0 Å². The zero-order chi connectivity index (χ0) is 15.5. The monoisotopic (exact) mass is 290 g/mol. The second kappa shape index (κ2) is 10.8. The highest BCUT2D eigenvalue weighted by Crippen LogP contribution is 2.15. The molecule has 0 amide bonds. The number of hydrogen-bond donors (Lipinski definition) is 2. The Labute approximate surface area is 131 Å². The maximum absolute atomic E-state index is 5.72. The minimum Gasteiger partial charge on any atom is -0.271 e. The van der Waals surface area contributed by atoms with Crippen molar-refractivity contribution in [3.63, 3.8) is 0 Å². The van der Waals surface area contributed by atoms with Gasteiger partial charge in [0, 0.05) is 6.04 Å². The zero-order valence-electron chi connectivity index (χ0n) is 14.3. The fraction of sp³-hybridized carbons (Fsp3) is 0.684. The average molecular weight is 290 g/mol. The van der Waals surface area contributed by atoms with Crippen molar-refractivity contribution in [2.45, 2.75) is 84.6 Å². The number of benzene rings is 1. The topological polar surface area (TPSA) is 38.0 Å². The van der Waals surface area contributed by atoms with Gasteiger partial charge in [0.15, 0.2) is 0 Å². The molecule has 1 aromatic rings. The summed E-state index contributed by atoms with van der Waals surface area (Å²) >= 11 is 0. The fourth-order valence-electron chi connectivity index (χ4n) is 2.81. The zero-order valence-corrected chi connectivity index (χ0v) is 14.3. The maximum atomic E-state index is 5.72. The molecule has 21 heavy (non-hydrogen) atoms. The first-order valence-corrected chi connectivity index (χ1v) is 8.69. The second-order valence-electron chi connectivity index (χ2n) is 6.40. The fourth-order valence-corrected chi connectivity index (χ4v) is 2.81. The van der Waals surface area contributed by atoms with Crippen molar-refractivity contribution in [2.75, 3.05) is 0 Å². The molecule has 0 radical (unpaired) electrons. The summed E-state index contributed by atoms with van der Waals surface area (Å²) in [7, 11) is 0. The van der Waals surface area contributed by atoms with E-state index in [0.717, 1.165) is 6.42 Å². The number of nitrogens with two attached hydrogens (primary N) is 1. The molecule has 1 unspecified atom stereocenters. The van der Waals surface area contributed by atoms with Crippen molar-refractivity contribution >= 4 is 0 Å². The third-order valence-corrected chi connectivity index (χ3v) is 4.45. The number of aryl methyl sites for hydroxylation is 2. The molecule has 3 N–H and O–H groups in total. The van der Waals surface area contributed by atoms with Crippen LogP contribution in [0.1, 0.15) is 75.0 Å². The molecule has 2 heteroatoms. The summed E-state index contributed by atoms with van der Waals surface area (Å²) in [6, 6.07) is 7.15. The summed E-state index contributed by atoms with van der Waals surface area (Å²) in [4.78, 5) is 0. The predicted molar refractivity (Wildman–Crippen MR) is 93.3 cm³/mol. The molecule has 2 nitrogen and oxygen atoms in total. The summed E-state index contributed by atoms with van der Waals surface area (Å²) in [6.07, 6.45) is 11.7. The quantitative estimate of drug-likeness (QED) is 0.348. The van der Waals surface area contributed by atoms with Gasteiger partial charge in [0.25, 0.3) is 0 Å². The maximum Gasteiger partial charge on any atom is 0.0250 e. The van der Waals surface area contributed by atoms with Crippen molar-refractivity contribution < 1.29 is 0 Å². The molecule has 0 spiro atoms. The van der Waals surface area contributed by atoms with E-state index < -0.39 is 0 Å². The molecular formula is C19H34N2. The largest absolute Gasteiger partial charge is 0.271 e. The van der Waals surface area contributed by atoms with E-state index >= 15 is 0 Å². The minimum absolute atomic E-state index is 0.405. The van der Waals surface area contributed by atoms with Crippen LogP contribution in [0.3, 0.4) is 0 Å². The van der Waals surface area contributed by atoms with Crippen LogP contribution in [0.2, 0.25) is 0 Å². The molecular weight excluding hydrogens is 256 g/mol.